The molecule has 0 aromatic heterocycles. The Kier molecular flexibility index (Phi) is 13.3. The van der Waals surface area contributed by atoms with E-state index in [1.54, 1.807) is 6.07 Å². The second-order valence-corrected chi connectivity index (χ2v) is 28.5. The fourth-order valence-corrected chi connectivity index (χ4v) is 7.15. The van der Waals surface area contributed by atoms with E-state index in [1.807, 2.05) is 48.5 Å². The van der Waals surface area contributed by atoms with Gasteiger partial charge in [0.2, 0.25) is 5.82 Å². The number of ether oxygens (including phenoxy) is 2. The standard InChI is InChI=1S/C35H50F2O3Si2/c1-7-8-9-10-11-12-26-39-33-24-23-32(34(36)35(33)37)30-17-15-28(16-18-30)29-19-21-31(22-20-29)38-25-13-14-27-40-42(5,6)41(2,3)4/h15-24H,7-14,25-27H2,1-6H3. The van der Waals surface area contributed by atoms with Gasteiger partial charge in [-0.15, -0.1) is 0 Å². The van der Waals surface area contributed by atoms with E-state index in [0.29, 0.717) is 18.8 Å². The van der Waals surface area contributed by atoms with Gasteiger partial charge in [-0.1, -0.05) is 95.1 Å². The van der Waals surface area contributed by atoms with Crippen molar-refractivity contribution in [3.05, 3.63) is 72.3 Å². The van der Waals surface area contributed by atoms with Crippen LogP contribution in [0.1, 0.15) is 58.3 Å². The molecule has 0 aliphatic heterocycles. The van der Waals surface area contributed by atoms with E-state index in [1.165, 1.54) is 25.3 Å². The third kappa shape index (κ3) is 10.1. The highest BCUT2D eigenvalue weighted by Crippen LogP contribution is 2.32. The van der Waals surface area contributed by atoms with Gasteiger partial charge in [-0.05, 0) is 73.3 Å². The summed E-state index contributed by atoms with van der Waals surface area (Å²) in [6.45, 7) is 15.9. The summed E-state index contributed by atoms with van der Waals surface area (Å²) in [5, 5.41) is 0. The van der Waals surface area contributed by atoms with Gasteiger partial charge in [-0.2, -0.15) is 4.39 Å². The normalized spacial score (nSPS) is 12.0. The predicted molar refractivity (Wildman–Crippen MR) is 178 cm³/mol. The molecule has 0 atom stereocenters. The Bertz CT molecular complexity index is 1220. The van der Waals surface area contributed by atoms with Crippen molar-refractivity contribution >= 4 is 15.4 Å². The first-order valence-corrected chi connectivity index (χ1v) is 23.0. The highest BCUT2D eigenvalue weighted by atomic mass is 29.3. The Morgan fingerprint density at radius 3 is 1.71 bits per heavy atom. The summed E-state index contributed by atoms with van der Waals surface area (Å²) in [4.78, 5) is 0. The van der Waals surface area contributed by atoms with Gasteiger partial charge >= 0.3 is 0 Å². The lowest BCUT2D eigenvalue weighted by molar-refractivity contribution is 0.266. The van der Waals surface area contributed by atoms with Crippen molar-refractivity contribution in [2.24, 2.45) is 0 Å². The maximum absolute atomic E-state index is 14.9. The number of rotatable bonds is 18. The minimum absolute atomic E-state index is 0.0234. The van der Waals surface area contributed by atoms with Crippen LogP contribution in [0, 0.1) is 11.6 Å². The number of benzene rings is 3. The molecule has 3 rings (SSSR count). The molecule has 3 nitrogen and oxygen atoms in total. The van der Waals surface area contributed by atoms with Crippen molar-refractivity contribution in [3.63, 3.8) is 0 Å². The third-order valence-electron chi connectivity index (χ3n) is 8.26. The number of hydrogen-bond acceptors (Lipinski definition) is 3. The van der Waals surface area contributed by atoms with Gasteiger partial charge in [0.15, 0.2) is 19.4 Å². The second-order valence-electron chi connectivity index (χ2n) is 12.6. The molecule has 0 aliphatic carbocycles. The van der Waals surface area contributed by atoms with E-state index < -0.39 is 27.1 Å². The molecule has 42 heavy (non-hydrogen) atoms. The fourth-order valence-electron chi connectivity index (χ4n) is 4.45. The van der Waals surface area contributed by atoms with Crippen LogP contribution in [-0.2, 0) is 4.43 Å². The van der Waals surface area contributed by atoms with Gasteiger partial charge in [-0.25, -0.2) is 4.39 Å². The molecule has 3 aromatic rings. The Labute approximate surface area is 254 Å². The highest BCUT2D eigenvalue weighted by Gasteiger charge is 2.38. The maximum Gasteiger partial charge on any atom is 0.201 e. The zero-order valence-corrected chi connectivity index (χ0v) is 28.5. The molecule has 0 radical (unpaired) electrons. The second kappa shape index (κ2) is 16.4. The lowest BCUT2D eigenvalue weighted by atomic mass is 9.99. The van der Waals surface area contributed by atoms with E-state index in [2.05, 4.69) is 39.7 Å². The van der Waals surface area contributed by atoms with Crippen molar-refractivity contribution in [2.45, 2.75) is 91.0 Å². The maximum atomic E-state index is 14.9. The minimum atomic E-state index is -1.55. The molecule has 0 bridgehead atoms. The first kappa shape index (κ1) is 34.0. The van der Waals surface area contributed by atoms with E-state index in [4.69, 9.17) is 13.9 Å². The fraction of sp³-hybridized carbons (Fsp3) is 0.486. The summed E-state index contributed by atoms with van der Waals surface area (Å²) in [6.07, 6.45) is 8.65. The Morgan fingerprint density at radius 1 is 0.548 bits per heavy atom. The van der Waals surface area contributed by atoms with Gasteiger partial charge in [0.05, 0.1) is 20.8 Å². The summed E-state index contributed by atoms with van der Waals surface area (Å²) < 4.78 is 47.4. The van der Waals surface area contributed by atoms with Gasteiger partial charge in [0, 0.05) is 12.2 Å². The minimum Gasteiger partial charge on any atom is -0.494 e. The molecule has 7 heteroatoms. The molecule has 230 valence electrons. The molecule has 0 saturated heterocycles. The lowest BCUT2D eigenvalue weighted by Gasteiger charge is -2.34. The van der Waals surface area contributed by atoms with Gasteiger partial charge in [-0.3, -0.25) is 0 Å². The van der Waals surface area contributed by atoms with Gasteiger partial charge in [0.25, 0.3) is 0 Å². The van der Waals surface area contributed by atoms with Gasteiger partial charge in [0.1, 0.15) is 5.75 Å². The quantitative estimate of drug-likeness (QED) is 0.106. The van der Waals surface area contributed by atoms with Crippen molar-refractivity contribution in [3.8, 4) is 33.8 Å². The molecular weight excluding hydrogens is 563 g/mol. The molecule has 0 amide bonds. The first-order chi connectivity index (χ1) is 20.0. The molecule has 0 heterocycles. The molecule has 0 N–H and O–H groups in total. The van der Waals surface area contributed by atoms with E-state index in [0.717, 1.165) is 55.6 Å². The van der Waals surface area contributed by atoms with Crippen LogP contribution in [0.4, 0.5) is 8.78 Å². The highest BCUT2D eigenvalue weighted by molar-refractivity contribution is 7.37. The van der Waals surface area contributed by atoms with Crippen molar-refractivity contribution < 1.29 is 22.7 Å². The molecule has 0 unspecified atom stereocenters. The van der Waals surface area contributed by atoms with Crippen LogP contribution >= 0.6 is 0 Å². The van der Waals surface area contributed by atoms with Crippen LogP contribution in [0.2, 0.25) is 32.7 Å². The zero-order chi connectivity index (χ0) is 30.6. The number of hydrogen-bond donors (Lipinski definition) is 0. The molecule has 3 aromatic carbocycles. The van der Waals surface area contributed by atoms with Crippen LogP contribution in [0.3, 0.4) is 0 Å². The first-order valence-electron chi connectivity index (χ1n) is 15.6. The average molecular weight is 613 g/mol. The van der Waals surface area contributed by atoms with Crippen LogP contribution in [0.25, 0.3) is 22.3 Å². The van der Waals surface area contributed by atoms with Gasteiger partial charge < -0.3 is 13.9 Å². The number of halogens is 2. The third-order valence-corrected chi connectivity index (χ3v) is 24.1. The largest absolute Gasteiger partial charge is 0.494 e. The smallest absolute Gasteiger partial charge is 0.201 e. The molecule has 0 aliphatic rings. The van der Waals surface area contributed by atoms with Crippen LogP contribution in [0.15, 0.2) is 60.7 Å². The number of unbranched alkanes of at least 4 members (excludes halogenated alkanes) is 6. The molecular formula is C35H50F2O3Si2. The van der Waals surface area contributed by atoms with Crippen molar-refractivity contribution in [1.29, 1.82) is 0 Å². The predicted octanol–water partition coefficient (Wildman–Crippen LogP) is 10.8. The Balaban J connectivity index is 1.47. The van der Waals surface area contributed by atoms with Crippen LogP contribution in [-0.4, -0.2) is 35.2 Å². The topological polar surface area (TPSA) is 27.7 Å². The van der Waals surface area contributed by atoms with E-state index in [-0.39, 0.29) is 11.3 Å². The van der Waals surface area contributed by atoms with E-state index >= 15 is 0 Å². The summed E-state index contributed by atoms with van der Waals surface area (Å²) in [6, 6.07) is 18.6. The summed E-state index contributed by atoms with van der Waals surface area (Å²) in [5.74, 6) is -0.991. The monoisotopic (exact) mass is 612 g/mol. The van der Waals surface area contributed by atoms with E-state index in [9.17, 15) is 8.78 Å². The SMILES string of the molecule is CCCCCCCCOc1ccc(-c2ccc(-c3ccc(OCCCCO[Si](C)(C)[Si](C)(C)C)cc3)cc2)c(F)c1F. The summed E-state index contributed by atoms with van der Waals surface area (Å²) in [7, 11) is -2.78. The summed E-state index contributed by atoms with van der Waals surface area (Å²) in [5.41, 5.74) is 2.88. The molecule has 0 spiro atoms. The van der Waals surface area contributed by atoms with Crippen LogP contribution < -0.4 is 9.47 Å². The van der Waals surface area contributed by atoms with Crippen molar-refractivity contribution in [2.75, 3.05) is 19.8 Å². The van der Waals surface area contributed by atoms with Crippen LogP contribution in [0.5, 0.6) is 11.5 Å². The average Bonchev–Trinajstić information content (AvgIpc) is 2.96. The van der Waals surface area contributed by atoms with Crippen molar-refractivity contribution in [1.82, 2.24) is 0 Å². The summed E-state index contributed by atoms with van der Waals surface area (Å²) >= 11 is 0. The lowest BCUT2D eigenvalue weighted by Crippen LogP contribution is -2.54. The molecule has 0 saturated carbocycles. The Morgan fingerprint density at radius 2 is 1.07 bits per heavy atom. The molecule has 0 fully saturated rings. The Hall–Kier alpha value is -2.49. The zero-order valence-electron chi connectivity index (χ0n) is 26.5.